The fourth-order valence-electron chi connectivity index (χ4n) is 2.39. The van der Waals surface area contributed by atoms with E-state index < -0.39 is 24.9 Å². The van der Waals surface area contributed by atoms with Gasteiger partial charge in [0.1, 0.15) is 0 Å². The first-order valence-electron chi connectivity index (χ1n) is 8.52. The molecule has 0 fully saturated rings. The number of amides is 2. The SMILES string of the molecule is O=C(CCC(F)(F)F)NCc1cnn2cc(CNC(=O)c3ccnnc3)nc2c1. The molecule has 0 aliphatic rings. The van der Waals surface area contributed by atoms with Crippen LogP contribution in [0.2, 0.25) is 0 Å². The number of nitrogens with one attached hydrogen (secondary N) is 2. The van der Waals surface area contributed by atoms with Gasteiger partial charge in [-0.15, -0.1) is 0 Å². The molecule has 3 aromatic heterocycles. The Morgan fingerprint density at radius 3 is 2.66 bits per heavy atom. The molecule has 3 rings (SSSR count). The minimum Gasteiger partial charge on any atom is -0.352 e. The number of nitrogens with zero attached hydrogens (tertiary/aromatic N) is 5. The Morgan fingerprint density at radius 1 is 1.10 bits per heavy atom. The summed E-state index contributed by atoms with van der Waals surface area (Å²) in [5, 5.41) is 16.5. The zero-order valence-corrected chi connectivity index (χ0v) is 15.0. The van der Waals surface area contributed by atoms with Gasteiger partial charge in [-0.25, -0.2) is 9.50 Å². The molecule has 3 aromatic rings. The summed E-state index contributed by atoms with van der Waals surface area (Å²) in [4.78, 5) is 27.8. The Bertz CT molecular complexity index is 1010. The van der Waals surface area contributed by atoms with Gasteiger partial charge in [0, 0.05) is 13.0 Å². The topological polar surface area (TPSA) is 114 Å². The average Bonchev–Trinajstić information content (AvgIpc) is 3.11. The third kappa shape index (κ3) is 5.96. The van der Waals surface area contributed by atoms with Crippen molar-refractivity contribution in [2.75, 3.05) is 0 Å². The third-order valence-electron chi connectivity index (χ3n) is 3.83. The summed E-state index contributed by atoms with van der Waals surface area (Å²) in [6.07, 6.45) is -0.299. The van der Waals surface area contributed by atoms with Crippen LogP contribution in [-0.2, 0) is 17.9 Å². The standard InChI is InChI=1S/C17H16F3N7O2/c18-17(19,20)3-1-15(28)21-6-11-5-14-26-13(10-27(14)25-7-11)9-22-16(29)12-2-4-23-24-8-12/h2,4-5,7-8,10H,1,3,6,9H2,(H,21,28)(H,22,29). The number of hydrogen-bond acceptors (Lipinski definition) is 6. The number of imidazole rings is 1. The van der Waals surface area contributed by atoms with E-state index >= 15 is 0 Å². The summed E-state index contributed by atoms with van der Waals surface area (Å²) in [6, 6.07) is 3.18. The molecular weight excluding hydrogens is 391 g/mol. The molecule has 0 saturated heterocycles. The van der Waals surface area contributed by atoms with Crippen LogP contribution in [0, 0.1) is 0 Å². The normalized spacial score (nSPS) is 11.4. The van der Waals surface area contributed by atoms with Crippen LogP contribution in [-0.4, -0.2) is 42.8 Å². The van der Waals surface area contributed by atoms with E-state index in [0.717, 1.165) is 0 Å². The van der Waals surface area contributed by atoms with E-state index in [1.807, 2.05) is 0 Å². The van der Waals surface area contributed by atoms with E-state index in [2.05, 4.69) is 30.9 Å². The van der Waals surface area contributed by atoms with E-state index in [1.54, 1.807) is 12.3 Å². The molecule has 2 amide bonds. The molecule has 2 N–H and O–H groups in total. The van der Waals surface area contributed by atoms with Crippen molar-refractivity contribution in [2.45, 2.75) is 32.1 Å². The predicted molar refractivity (Wildman–Crippen MR) is 93.3 cm³/mol. The second-order valence-electron chi connectivity index (χ2n) is 6.10. The fourth-order valence-corrected chi connectivity index (χ4v) is 2.39. The molecule has 0 aliphatic carbocycles. The fraction of sp³-hybridized carbons (Fsp3) is 0.294. The average molecular weight is 407 g/mol. The lowest BCUT2D eigenvalue weighted by Gasteiger charge is -2.07. The van der Waals surface area contributed by atoms with Crippen LogP contribution in [0.3, 0.4) is 0 Å². The highest BCUT2D eigenvalue weighted by Gasteiger charge is 2.27. The van der Waals surface area contributed by atoms with Crippen molar-refractivity contribution in [1.29, 1.82) is 0 Å². The Hall–Kier alpha value is -3.57. The number of hydrogen-bond donors (Lipinski definition) is 2. The molecule has 0 atom stereocenters. The van der Waals surface area contributed by atoms with Crippen LogP contribution in [0.5, 0.6) is 0 Å². The van der Waals surface area contributed by atoms with Crippen molar-refractivity contribution in [2.24, 2.45) is 0 Å². The van der Waals surface area contributed by atoms with Gasteiger partial charge in [-0.05, 0) is 17.7 Å². The van der Waals surface area contributed by atoms with Gasteiger partial charge in [-0.2, -0.15) is 28.5 Å². The number of aromatic nitrogens is 5. The van der Waals surface area contributed by atoms with Crippen LogP contribution in [0.15, 0.2) is 36.9 Å². The molecule has 0 unspecified atom stereocenters. The molecule has 0 aromatic carbocycles. The van der Waals surface area contributed by atoms with Gasteiger partial charge < -0.3 is 10.6 Å². The zero-order chi connectivity index (χ0) is 20.9. The lowest BCUT2D eigenvalue weighted by molar-refractivity contribution is -0.144. The Labute approximate surface area is 162 Å². The molecular formula is C17H16F3N7O2. The van der Waals surface area contributed by atoms with Gasteiger partial charge in [0.2, 0.25) is 5.91 Å². The zero-order valence-electron chi connectivity index (χ0n) is 15.0. The lowest BCUT2D eigenvalue weighted by Crippen LogP contribution is -2.24. The van der Waals surface area contributed by atoms with E-state index in [-0.39, 0.29) is 19.0 Å². The van der Waals surface area contributed by atoms with Gasteiger partial charge in [-0.1, -0.05) is 0 Å². The van der Waals surface area contributed by atoms with Gasteiger partial charge in [0.25, 0.3) is 5.91 Å². The molecule has 0 spiro atoms. The first-order chi connectivity index (χ1) is 13.8. The number of alkyl halides is 3. The molecule has 0 saturated carbocycles. The minimum absolute atomic E-state index is 0.0359. The molecule has 0 aliphatic heterocycles. The quantitative estimate of drug-likeness (QED) is 0.612. The third-order valence-corrected chi connectivity index (χ3v) is 3.83. The largest absolute Gasteiger partial charge is 0.389 e. The van der Waals surface area contributed by atoms with Gasteiger partial charge in [-0.3, -0.25) is 9.59 Å². The van der Waals surface area contributed by atoms with Crippen LogP contribution in [0.1, 0.15) is 34.5 Å². The summed E-state index contributed by atoms with van der Waals surface area (Å²) in [6.45, 7) is 0.197. The van der Waals surface area contributed by atoms with Crippen molar-refractivity contribution >= 4 is 17.5 Å². The lowest BCUT2D eigenvalue weighted by atomic mass is 10.2. The van der Waals surface area contributed by atoms with Crippen molar-refractivity contribution < 1.29 is 22.8 Å². The molecule has 0 bridgehead atoms. The number of fused-ring (bicyclic) bond motifs is 1. The number of carbonyl (C=O) groups is 2. The monoisotopic (exact) mass is 407 g/mol. The van der Waals surface area contributed by atoms with E-state index in [9.17, 15) is 22.8 Å². The maximum absolute atomic E-state index is 12.1. The van der Waals surface area contributed by atoms with Crippen LogP contribution >= 0.6 is 0 Å². The Kier molecular flexibility index (Phi) is 6.00. The summed E-state index contributed by atoms with van der Waals surface area (Å²) in [5.74, 6) is -1.02. The van der Waals surface area contributed by atoms with E-state index in [1.165, 1.54) is 29.2 Å². The van der Waals surface area contributed by atoms with E-state index in [0.29, 0.717) is 22.5 Å². The summed E-state index contributed by atoms with van der Waals surface area (Å²) in [5.41, 5.74) is 1.98. The highest BCUT2D eigenvalue weighted by molar-refractivity contribution is 5.93. The smallest absolute Gasteiger partial charge is 0.352 e. The summed E-state index contributed by atoms with van der Waals surface area (Å²) in [7, 11) is 0. The molecule has 29 heavy (non-hydrogen) atoms. The van der Waals surface area contributed by atoms with E-state index in [4.69, 9.17) is 0 Å². The molecule has 0 radical (unpaired) electrons. The maximum Gasteiger partial charge on any atom is 0.389 e. The first-order valence-corrected chi connectivity index (χ1v) is 8.52. The van der Waals surface area contributed by atoms with Gasteiger partial charge >= 0.3 is 6.18 Å². The van der Waals surface area contributed by atoms with Crippen molar-refractivity contribution in [3.63, 3.8) is 0 Å². The van der Waals surface area contributed by atoms with Crippen molar-refractivity contribution in [1.82, 2.24) is 35.4 Å². The van der Waals surface area contributed by atoms with Crippen LogP contribution in [0.4, 0.5) is 13.2 Å². The highest BCUT2D eigenvalue weighted by atomic mass is 19.4. The number of carbonyl (C=O) groups excluding carboxylic acids is 2. The predicted octanol–water partition coefficient (Wildman–Crippen LogP) is 1.41. The molecule has 3 heterocycles. The van der Waals surface area contributed by atoms with Crippen molar-refractivity contribution in [3.8, 4) is 0 Å². The maximum atomic E-state index is 12.1. The first kappa shape index (κ1) is 20.2. The highest BCUT2D eigenvalue weighted by Crippen LogP contribution is 2.21. The van der Waals surface area contributed by atoms with Gasteiger partial charge in [0.15, 0.2) is 5.65 Å². The molecule has 12 heteroatoms. The number of halogens is 3. The Morgan fingerprint density at radius 2 is 1.93 bits per heavy atom. The summed E-state index contributed by atoms with van der Waals surface area (Å²) < 4.78 is 37.9. The van der Waals surface area contributed by atoms with Crippen LogP contribution in [0.25, 0.3) is 5.65 Å². The van der Waals surface area contributed by atoms with Crippen LogP contribution < -0.4 is 10.6 Å². The second-order valence-corrected chi connectivity index (χ2v) is 6.10. The molecule has 152 valence electrons. The Balaban J connectivity index is 1.55. The molecule has 9 nitrogen and oxygen atoms in total. The minimum atomic E-state index is -4.37. The van der Waals surface area contributed by atoms with Gasteiger partial charge in [0.05, 0.1) is 49.0 Å². The number of rotatable bonds is 7. The summed E-state index contributed by atoms with van der Waals surface area (Å²) >= 11 is 0. The van der Waals surface area contributed by atoms with Crippen molar-refractivity contribution in [3.05, 3.63) is 53.7 Å². The second kappa shape index (κ2) is 8.63.